The molecule has 4 rings (SSSR count). The first-order chi connectivity index (χ1) is 13.3. The van der Waals surface area contributed by atoms with Crippen LogP contribution in [0.3, 0.4) is 0 Å². The predicted octanol–water partition coefficient (Wildman–Crippen LogP) is 4.23. The molecule has 1 aliphatic carbocycles. The van der Waals surface area contributed by atoms with Crippen molar-refractivity contribution in [3.8, 4) is 5.88 Å². The molecule has 2 fully saturated rings. The molecular formula is C22H29IN4O. The molecule has 1 saturated heterocycles. The second kappa shape index (κ2) is 9.58. The summed E-state index contributed by atoms with van der Waals surface area (Å²) < 4.78 is 5.97. The Labute approximate surface area is 184 Å². The van der Waals surface area contributed by atoms with E-state index in [1.165, 1.54) is 25.7 Å². The van der Waals surface area contributed by atoms with Gasteiger partial charge in [-0.1, -0.05) is 42.8 Å². The number of benzene rings is 1. The highest BCUT2D eigenvalue weighted by molar-refractivity contribution is 14.0. The number of aromatic nitrogens is 1. The van der Waals surface area contributed by atoms with Crippen molar-refractivity contribution in [3.63, 3.8) is 0 Å². The molecule has 150 valence electrons. The fourth-order valence-corrected chi connectivity index (χ4v) is 4.12. The standard InChI is InChI=1S/C22H28N4O.HI/c1-23-21(26-14-12-22(17-26)10-6-11-22)25-15-19-9-5-13-24-20(19)27-16-18-7-3-2-4-8-18;/h2-5,7-9,13H,6,10-12,14-17H2,1H3,(H,23,25);1H. The fourth-order valence-electron chi connectivity index (χ4n) is 4.12. The lowest BCUT2D eigenvalue weighted by Gasteiger charge is -2.38. The van der Waals surface area contributed by atoms with Gasteiger partial charge in [-0.25, -0.2) is 4.98 Å². The molecule has 2 aromatic rings. The summed E-state index contributed by atoms with van der Waals surface area (Å²) >= 11 is 0. The lowest BCUT2D eigenvalue weighted by Crippen LogP contribution is -2.42. The summed E-state index contributed by atoms with van der Waals surface area (Å²) in [5.74, 6) is 1.66. The first-order valence-electron chi connectivity index (χ1n) is 9.84. The maximum atomic E-state index is 5.97. The van der Waals surface area contributed by atoms with Crippen LogP contribution in [-0.2, 0) is 13.2 Å². The maximum absolute atomic E-state index is 5.97. The Kier molecular flexibility index (Phi) is 7.15. The third kappa shape index (κ3) is 4.77. The molecule has 1 spiro atoms. The van der Waals surface area contributed by atoms with Crippen LogP contribution in [0.5, 0.6) is 5.88 Å². The molecule has 1 aliphatic heterocycles. The van der Waals surface area contributed by atoms with Crippen LogP contribution in [0, 0.1) is 5.41 Å². The van der Waals surface area contributed by atoms with Crippen LogP contribution < -0.4 is 10.1 Å². The van der Waals surface area contributed by atoms with Gasteiger partial charge < -0.3 is 15.0 Å². The molecule has 28 heavy (non-hydrogen) atoms. The van der Waals surface area contributed by atoms with Crippen LogP contribution in [0.25, 0.3) is 0 Å². The van der Waals surface area contributed by atoms with Crippen LogP contribution >= 0.6 is 24.0 Å². The zero-order valence-corrected chi connectivity index (χ0v) is 18.8. The van der Waals surface area contributed by atoms with Crippen LogP contribution in [-0.4, -0.2) is 36.0 Å². The van der Waals surface area contributed by atoms with E-state index in [1.54, 1.807) is 6.20 Å². The summed E-state index contributed by atoms with van der Waals surface area (Å²) in [5.41, 5.74) is 2.75. The van der Waals surface area contributed by atoms with Crippen molar-refractivity contribution in [2.75, 3.05) is 20.1 Å². The molecular weight excluding hydrogens is 463 g/mol. The van der Waals surface area contributed by atoms with Gasteiger partial charge in [0.1, 0.15) is 6.61 Å². The quantitative estimate of drug-likeness (QED) is 0.386. The van der Waals surface area contributed by atoms with Crippen molar-refractivity contribution in [1.29, 1.82) is 0 Å². The van der Waals surface area contributed by atoms with E-state index in [0.29, 0.717) is 24.4 Å². The second-order valence-electron chi connectivity index (χ2n) is 7.67. The van der Waals surface area contributed by atoms with E-state index in [-0.39, 0.29) is 24.0 Å². The average Bonchev–Trinajstić information content (AvgIpc) is 3.15. The molecule has 1 saturated carbocycles. The minimum atomic E-state index is 0. The third-order valence-corrected chi connectivity index (χ3v) is 5.87. The molecule has 0 atom stereocenters. The molecule has 0 unspecified atom stereocenters. The highest BCUT2D eigenvalue weighted by Gasteiger charge is 2.43. The fraction of sp³-hybridized carbons (Fsp3) is 0.455. The van der Waals surface area contributed by atoms with E-state index in [1.807, 2.05) is 31.3 Å². The van der Waals surface area contributed by atoms with Gasteiger partial charge >= 0.3 is 0 Å². The second-order valence-corrected chi connectivity index (χ2v) is 7.67. The zero-order chi connectivity index (χ0) is 18.5. The average molecular weight is 492 g/mol. The number of rotatable bonds is 5. The summed E-state index contributed by atoms with van der Waals surface area (Å²) in [6.45, 7) is 3.42. The Morgan fingerprint density at radius 2 is 2.00 bits per heavy atom. The van der Waals surface area contributed by atoms with E-state index >= 15 is 0 Å². The largest absolute Gasteiger partial charge is 0.473 e. The Balaban J connectivity index is 0.00000225. The lowest BCUT2D eigenvalue weighted by molar-refractivity contribution is 0.151. The topological polar surface area (TPSA) is 49.8 Å². The number of guanidine groups is 1. The first kappa shape index (κ1) is 20.9. The minimum absolute atomic E-state index is 0. The Hall–Kier alpha value is -1.83. The van der Waals surface area contributed by atoms with Gasteiger partial charge in [-0.05, 0) is 36.3 Å². The van der Waals surface area contributed by atoms with Crippen molar-refractivity contribution < 1.29 is 4.74 Å². The van der Waals surface area contributed by atoms with Crippen molar-refractivity contribution in [1.82, 2.24) is 15.2 Å². The molecule has 2 heterocycles. The van der Waals surface area contributed by atoms with Gasteiger partial charge in [0.25, 0.3) is 0 Å². The summed E-state index contributed by atoms with van der Waals surface area (Å²) in [4.78, 5) is 11.3. The zero-order valence-electron chi connectivity index (χ0n) is 16.4. The van der Waals surface area contributed by atoms with E-state index in [0.717, 1.165) is 30.2 Å². The molecule has 0 radical (unpaired) electrons. The van der Waals surface area contributed by atoms with E-state index < -0.39 is 0 Å². The van der Waals surface area contributed by atoms with Gasteiger partial charge in [0, 0.05) is 38.4 Å². The number of hydrogen-bond acceptors (Lipinski definition) is 3. The normalized spacial score (nSPS) is 17.8. The van der Waals surface area contributed by atoms with Gasteiger partial charge in [-0.3, -0.25) is 4.99 Å². The Bertz CT molecular complexity index is 792. The van der Waals surface area contributed by atoms with Gasteiger partial charge in [-0.2, -0.15) is 0 Å². The smallest absolute Gasteiger partial charge is 0.218 e. The number of pyridine rings is 1. The van der Waals surface area contributed by atoms with Crippen molar-refractivity contribution in [3.05, 3.63) is 59.8 Å². The predicted molar refractivity (Wildman–Crippen MR) is 123 cm³/mol. The van der Waals surface area contributed by atoms with Crippen LogP contribution in [0.15, 0.2) is 53.7 Å². The molecule has 0 bridgehead atoms. The monoisotopic (exact) mass is 492 g/mol. The van der Waals surface area contributed by atoms with Crippen LogP contribution in [0.2, 0.25) is 0 Å². The number of aliphatic imine (C=N–C) groups is 1. The minimum Gasteiger partial charge on any atom is -0.473 e. The van der Waals surface area contributed by atoms with Gasteiger partial charge in [0.15, 0.2) is 5.96 Å². The Morgan fingerprint density at radius 1 is 1.18 bits per heavy atom. The first-order valence-corrected chi connectivity index (χ1v) is 9.84. The molecule has 5 nitrogen and oxygen atoms in total. The van der Waals surface area contributed by atoms with Gasteiger partial charge in [-0.15, -0.1) is 24.0 Å². The highest BCUT2D eigenvalue weighted by Crippen LogP contribution is 2.47. The van der Waals surface area contributed by atoms with E-state index in [4.69, 9.17) is 4.74 Å². The lowest BCUT2D eigenvalue weighted by atomic mass is 9.68. The highest BCUT2D eigenvalue weighted by atomic mass is 127. The Morgan fingerprint density at radius 3 is 2.68 bits per heavy atom. The van der Waals surface area contributed by atoms with Crippen molar-refractivity contribution >= 4 is 29.9 Å². The van der Waals surface area contributed by atoms with Gasteiger partial charge in [0.05, 0.1) is 0 Å². The number of ether oxygens (including phenoxy) is 1. The molecule has 1 aromatic carbocycles. The molecule has 0 amide bonds. The van der Waals surface area contributed by atoms with Crippen LogP contribution in [0.4, 0.5) is 0 Å². The van der Waals surface area contributed by atoms with E-state index in [9.17, 15) is 0 Å². The van der Waals surface area contributed by atoms with E-state index in [2.05, 4.69) is 38.4 Å². The van der Waals surface area contributed by atoms with Gasteiger partial charge in [0.2, 0.25) is 5.88 Å². The summed E-state index contributed by atoms with van der Waals surface area (Å²) in [7, 11) is 1.87. The molecule has 1 N–H and O–H groups in total. The number of likely N-dealkylation sites (tertiary alicyclic amines) is 1. The SMILES string of the molecule is CN=C(NCc1cccnc1OCc1ccccc1)N1CCC2(CCC2)C1.I. The van der Waals surface area contributed by atoms with Crippen molar-refractivity contribution in [2.24, 2.45) is 10.4 Å². The number of nitrogens with zero attached hydrogens (tertiary/aromatic N) is 3. The summed E-state index contributed by atoms with van der Waals surface area (Å²) in [6, 6.07) is 14.2. The number of nitrogens with one attached hydrogen (secondary N) is 1. The molecule has 1 aromatic heterocycles. The molecule has 6 heteroatoms. The molecule has 2 aliphatic rings. The summed E-state index contributed by atoms with van der Waals surface area (Å²) in [5, 5.41) is 3.51. The summed E-state index contributed by atoms with van der Waals surface area (Å²) in [6.07, 6.45) is 7.21. The maximum Gasteiger partial charge on any atom is 0.218 e. The number of halogens is 1. The third-order valence-electron chi connectivity index (χ3n) is 5.87. The van der Waals surface area contributed by atoms with Crippen molar-refractivity contribution in [2.45, 2.75) is 38.8 Å². The van der Waals surface area contributed by atoms with Crippen LogP contribution in [0.1, 0.15) is 36.8 Å². The number of hydrogen-bond donors (Lipinski definition) is 1.